The fraction of sp³-hybridized carbons (Fsp3) is 0.429. The van der Waals surface area contributed by atoms with Gasteiger partial charge in [0.25, 0.3) is 0 Å². The van der Waals surface area contributed by atoms with Gasteiger partial charge in [0.05, 0.1) is 12.1 Å². The molecule has 0 radical (unpaired) electrons. The van der Waals surface area contributed by atoms with Crippen LogP contribution in [0, 0.1) is 6.92 Å². The molecule has 0 aliphatic rings. The van der Waals surface area contributed by atoms with E-state index < -0.39 is 11.7 Å². The molecule has 21 heavy (non-hydrogen) atoms. The largest absolute Gasteiger partial charge is 0.416 e. The lowest BCUT2D eigenvalue weighted by Crippen LogP contribution is -2.11. The van der Waals surface area contributed by atoms with Gasteiger partial charge in [0.15, 0.2) is 0 Å². The number of hydrogen-bond donors (Lipinski definition) is 1. The summed E-state index contributed by atoms with van der Waals surface area (Å²) in [6, 6.07) is 3.66. The fourth-order valence-electron chi connectivity index (χ4n) is 1.99. The summed E-state index contributed by atoms with van der Waals surface area (Å²) in [5, 5.41) is 7.09. The Bertz CT molecular complexity index is 605. The lowest BCUT2D eigenvalue weighted by atomic mass is 10.1. The number of benzene rings is 1. The van der Waals surface area contributed by atoms with Crippen LogP contribution in [-0.2, 0) is 19.3 Å². The Kier molecular flexibility index (Phi) is 4.50. The monoisotopic (exact) mass is 298 g/mol. The van der Waals surface area contributed by atoms with Crippen LogP contribution in [0.5, 0.6) is 0 Å². The van der Waals surface area contributed by atoms with Gasteiger partial charge in [0.1, 0.15) is 12.2 Å². The standard InChI is InChI=1S/C14H17F3N4/c1-3-6-21-13(19-9-20-21)8-18-12-7-11(14(15,16)17)5-4-10(12)2/h4-5,7,9,18H,3,6,8H2,1-2H3. The number of aryl methyl sites for hydroxylation is 2. The molecule has 0 atom stereocenters. The summed E-state index contributed by atoms with van der Waals surface area (Å²) in [6.45, 7) is 4.86. The van der Waals surface area contributed by atoms with Crippen LogP contribution in [0.4, 0.5) is 18.9 Å². The first-order valence-corrected chi connectivity index (χ1v) is 6.70. The van der Waals surface area contributed by atoms with Gasteiger partial charge >= 0.3 is 6.18 Å². The highest BCUT2D eigenvalue weighted by Crippen LogP contribution is 2.32. The number of anilines is 1. The van der Waals surface area contributed by atoms with Gasteiger partial charge in [0.2, 0.25) is 0 Å². The second-order valence-corrected chi connectivity index (χ2v) is 4.78. The van der Waals surface area contributed by atoms with Gasteiger partial charge in [-0.2, -0.15) is 18.3 Å². The minimum Gasteiger partial charge on any atom is -0.378 e. The number of nitrogens with one attached hydrogen (secondary N) is 1. The van der Waals surface area contributed by atoms with Gasteiger partial charge in [-0.25, -0.2) is 9.67 Å². The maximum Gasteiger partial charge on any atom is 0.416 e. The Morgan fingerprint density at radius 2 is 2.05 bits per heavy atom. The molecule has 2 aromatic rings. The Morgan fingerprint density at radius 3 is 2.71 bits per heavy atom. The Morgan fingerprint density at radius 1 is 1.29 bits per heavy atom. The van der Waals surface area contributed by atoms with E-state index in [2.05, 4.69) is 15.4 Å². The van der Waals surface area contributed by atoms with E-state index in [1.54, 1.807) is 11.6 Å². The van der Waals surface area contributed by atoms with Gasteiger partial charge in [-0.15, -0.1) is 0 Å². The molecule has 0 aliphatic carbocycles. The molecule has 0 aliphatic heterocycles. The van der Waals surface area contributed by atoms with Gasteiger partial charge in [0, 0.05) is 12.2 Å². The smallest absolute Gasteiger partial charge is 0.378 e. The molecule has 0 fully saturated rings. The highest BCUT2D eigenvalue weighted by atomic mass is 19.4. The molecule has 0 saturated carbocycles. The summed E-state index contributed by atoms with van der Waals surface area (Å²) < 4.78 is 39.9. The maximum absolute atomic E-state index is 12.7. The van der Waals surface area contributed by atoms with Crippen molar-refractivity contribution >= 4 is 5.69 Å². The van der Waals surface area contributed by atoms with Crippen LogP contribution < -0.4 is 5.32 Å². The normalized spacial score (nSPS) is 11.7. The molecule has 1 N–H and O–H groups in total. The van der Waals surface area contributed by atoms with Gasteiger partial charge in [-0.1, -0.05) is 13.0 Å². The van der Waals surface area contributed by atoms with Gasteiger partial charge in [-0.05, 0) is 31.0 Å². The molecule has 2 rings (SSSR count). The topological polar surface area (TPSA) is 42.7 Å². The average molecular weight is 298 g/mol. The van der Waals surface area contributed by atoms with Crippen molar-refractivity contribution in [3.8, 4) is 0 Å². The molecule has 1 aromatic heterocycles. The number of halogens is 3. The second kappa shape index (κ2) is 6.15. The number of alkyl halides is 3. The zero-order valence-corrected chi connectivity index (χ0v) is 11.9. The first kappa shape index (κ1) is 15.3. The fourth-order valence-corrected chi connectivity index (χ4v) is 1.99. The van der Waals surface area contributed by atoms with E-state index in [-0.39, 0.29) is 0 Å². The zero-order chi connectivity index (χ0) is 15.5. The van der Waals surface area contributed by atoms with Crippen molar-refractivity contribution in [1.82, 2.24) is 14.8 Å². The highest BCUT2D eigenvalue weighted by Gasteiger charge is 2.30. The molecular weight excluding hydrogens is 281 g/mol. The molecule has 0 bridgehead atoms. The maximum atomic E-state index is 12.7. The van der Waals surface area contributed by atoms with Gasteiger partial charge < -0.3 is 5.32 Å². The molecule has 0 saturated heterocycles. The van der Waals surface area contributed by atoms with Crippen molar-refractivity contribution in [2.24, 2.45) is 0 Å². The molecule has 7 heteroatoms. The average Bonchev–Trinajstić information content (AvgIpc) is 2.84. The molecular formula is C14H17F3N4. The van der Waals surface area contributed by atoms with Crippen LogP contribution in [0.2, 0.25) is 0 Å². The van der Waals surface area contributed by atoms with Crippen LogP contribution in [0.15, 0.2) is 24.5 Å². The van der Waals surface area contributed by atoms with Crippen LogP contribution in [0.3, 0.4) is 0 Å². The number of hydrogen-bond acceptors (Lipinski definition) is 3. The minimum absolute atomic E-state index is 0.335. The number of aromatic nitrogens is 3. The number of nitrogens with zero attached hydrogens (tertiary/aromatic N) is 3. The lowest BCUT2D eigenvalue weighted by molar-refractivity contribution is -0.137. The highest BCUT2D eigenvalue weighted by molar-refractivity contribution is 5.53. The third kappa shape index (κ3) is 3.74. The molecule has 4 nitrogen and oxygen atoms in total. The summed E-state index contributed by atoms with van der Waals surface area (Å²) >= 11 is 0. The van der Waals surface area contributed by atoms with Crippen molar-refractivity contribution in [3.63, 3.8) is 0 Å². The van der Waals surface area contributed by atoms with Crippen molar-refractivity contribution in [2.45, 2.75) is 39.5 Å². The van der Waals surface area contributed by atoms with Crippen molar-refractivity contribution in [3.05, 3.63) is 41.5 Å². The SMILES string of the molecule is CCCn1ncnc1CNc1cc(C(F)(F)F)ccc1C. The van der Waals surface area contributed by atoms with Crippen LogP contribution >= 0.6 is 0 Å². The molecule has 114 valence electrons. The Hall–Kier alpha value is -2.05. The van der Waals surface area contributed by atoms with E-state index in [4.69, 9.17) is 0 Å². The predicted octanol–water partition coefficient (Wildman–Crippen LogP) is 3.63. The lowest BCUT2D eigenvalue weighted by Gasteiger charge is -2.13. The molecule has 0 unspecified atom stereocenters. The molecule has 1 heterocycles. The Balaban J connectivity index is 2.14. The summed E-state index contributed by atoms with van der Waals surface area (Å²) in [5.41, 5.74) is 0.547. The van der Waals surface area contributed by atoms with E-state index in [1.165, 1.54) is 12.4 Å². The van der Waals surface area contributed by atoms with E-state index >= 15 is 0 Å². The minimum atomic E-state index is -4.34. The third-order valence-corrected chi connectivity index (χ3v) is 3.13. The van der Waals surface area contributed by atoms with Crippen LogP contribution in [0.1, 0.15) is 30.3 Å². The van der Waals surface area contributed by atoms with Gasteiger partial charge in [-0.3, -0.25) is 0 Å². The molecule has 0 amide bonds. The third-order valence-electron chi connectivity index (χ3n) is 3.13. The summed E-state index contributed by atoms with van der Waals surface area (Å²) in [4.78, 5) is 4.12. The Labute approximate surface area is 121 Å². The van der Waals surface area contributed by atoms with E-state index in [0.717, 1.165) is 30.7 Å². The summed E-state index contributed by atoms with van der Waals surface area (Å²) in [7, 11) is 0. The number of rotatable bonds is 5. The first-order valence-electron chi connectivity index (χ1n) is 6.70. The zero-order valence-electron chi connectivity index (χ0n) is 11.9. The second-order valence-electron chi connectivity index (χ2n) is 4.78. The summed E-state index contributed by atoms with van der Waals surface area (Å²) in [6.07, 6.45) is -1.98. The molecule has 0 spiro atoms. The van der Waals surface area contributed by atoms with Crippen LogP contribution in [-0.4, -0.2) is 14.8 Å². The van der Waals surface area contributed by atoms with Crippen molar-refractivity contribution in [1.29, 1.82) is 0 Å². The van der Waals surface area contributed by atoms with Crippen molar-refractivity contribution < 1.29 is 13.2 Å². The molecule has 1 aromatic carbocycles. The van der Waals surface area contributed by atoms with E-state index in [0.29, 0.717) is 18.1 Å². The van der Waals surface area contributed by atoms with E-state index in [1.807, 2.05) is 6.92 Å². The first-order chi connectivity index (χ1) is 9.91. The van der Waals surface area contributed by atoms with Crippen molar-refractivity contribution in [2.75, 3.05) is 5.32 Å². The predicted molar refractivity (Wildman–Crippen MR) is 73.8 cm³/mol. The summed E-state index contributed by atoms with van der Waals surface area (Å²) in [5.74, 6) is 0.702. The van der Waals surface area contributed by atoms with Crippen LogP contribution in [0.25, 0.3) is 0 Å². The quantitative estimate of drug-likeness (QED) is 0.916. The van der Waals surface area contributed by atoms with E-state index in [9.17, 15) is 13.2 Å².